The Morgan fingerprint density at radius 3 is 2.33 bits per heavy atom. The Bertz CT molecular complexity index is 364. The molecule has 0 aliphatic carbocycles. The van der Waals surface area contributed by atoms with E-state index in [-0.39, 0.29) is 0 Å². The van der Waals surface area contributed by atoms with Crippen molar-refractivity contribution < 1.29 is 0 Å². The van der Waals surface area contributed by atoms with E-state index in [0.717, 1.165) is 16.8 Å². The summed E-state index contributed by atoms with van der Waals surface area (Å²) in [6.07, 6.45) is 0. The third-order valence-corrected chi connectivity index (χ3v) is 2.37. The van der Waals surface area contributed by atoms with Crippen LogP contribution in [0.2, 0.25) is 0 Å². The maximum absolute atomic E-state index is 8.76. The number of aryl methyl sites for hydroxylation is 1. The highest BCUT2D eigenvalue weighted by Gasteiger charge is 2.04. The fourth-order valence-corrected chi connectivity index (χ4v) is 1.38. The van der Waals surface area contributed by atoms with Crippen LogP contribution in [-0.2, 0) is 12.6 Å². The largest absolute Gasteiger partial charge is 0.759 e. The van der Waals surface area contributed by atoms with E-state index in [0.29, 0.717) is 10.6 Å². The number of rotatable bonds is 0. The predicted molar refractivity (Wildman–Crippen MR) is 48.8 cm³/mol. The zero-order valence-electron chi connectivity index (χ0n) is 7.30. The maximum Gasteiger partial charge on any atom is 0.0994 e. The number of aromatic nitrogens is 1. The minimum atomic E-state index is 0.415. The molecule has 2 nitrogen and oxygen atoms in total. The lowest BCUT2D eigenvalue weighted by molar-refractivity contribution is 1.00. The first kappa shape index (κ1) is 8.95. The van der Waals surface area contributed by atoms with E-state index in [4.69, 9.17) is 17.9 Å². The van der Waals surface area contributed by atoms with Gasteiger partial charge in [0.2, 0.25) is 0 Å². The Morgan fingerprint density at radius 2 is 1.83 bits per heavy atom. The Balaban J connectivity index is 3.54. The Labute approximate surface area is 77.7 Å². The number of hydrogen-bond donors (Lipinski definition) is 0. The van der Waals surface area contributed by atoms with Crippen molar-refractivity contribution in [3.05, 3.63) is 22.4 Å². The van der Waals surface area contributed by atoms with E-state index < -0.39 is 0 Å². The van der Waals surface area contributed by atoms with Crippen LogP contribution in [0.15, 0.2) is 5.03 Å². The third-order valence-electron chi connectivity index (χ3n) is 2.08. The molecule has 0 unspecified atom stereocenters. The summed E-state index contributed by atoms with van der Waals surface area (Å²) in [5.74, 6) is 0. The van der Waals surface area contributed by atoms with Crippen LogP contribution in [0.25, 0.3) is 0 Å². The minimum Gasteiger partial charge on any atom is -0.759 e. The lowest BCUT2D eigenvalue weighted by Crippen LogP contribution is -1.98. The van der Waals surface area contributed by atoms with Crippen molar-refractivity contribution in [2.75, 3.05) is 0 Å². The van der Waals surface area contributed by atoms with Gasteiger partial charge < -0.3 is 12.6 Å². The van der Waals surface area contributed by atoms with Crippen LogP contribution in [0.5, 0.6) is 0 Å². The molecule has 0 amide bonds. The fraction of sp³-hybridized carbons (Fsp3) is 0.333. The van der Waals surface area contributed by atoms with Crippen molar-refractivity contribution in [2.24, 2.45) is 0 Å². The summed E-state index contributed by atoms with van der Waals surface area (Å²) < 4.78 is 0. The van der Waals surface area contributed by atoms with Crippen molar-refractivity contribution >= 4 is 12.6 Å². The van der Waals surface area contributed by atoms with Gasteiger partial charge in [0, 0.05) is 5.69 Å². The fourth-order valence-electron chi connectivity index (χ4n) is 1.04. The third kappa shape index (κ3) is 1.26. The number of nitriles is 1. The molecule has 12 heavy (non-hydrogen) atoms. The van der Waals surface area contributed by atoms with Crippen LogP contribution in [0.4, 0.5) is 0 Å². The van der Waals surface area contributed by atoms with Gasteiger partial charge in [-0.1, -0.05) is 5.03 Å². The molecule has 1 aromatic heterocycles. The maximum atomic E-state index is 8.76. The molecule has 0 saturated heterocycles. The van der Waals surface area contributed by atoms with Crippen molar-refractivity contribution in [2.45, 2.75) is 25.8 Å². The Morgan fingerprint density at radius 1 is 1.25 bits per heavy atom. The van der Waals surface area contributed by atoms with Gasteiger partial charge >= 0.3 is 0 Å². The van der Waals surface area contributed by atoms with Crippen molar-refractivity contribution in [1.29, 1.82) is 5.26 Å². The average molecular weight is 177 g/mol. The average Bonchev–Trinajstić information content (AvgIpc) is 2.01. The first-order valence-corrected chi connectivity index (χ1v) is 4.03. The van der Waals surface area contributed by atoms with E-state index in [1.54, 1.807) is 0 Å². The van der Waals surface area contributed by atoms with Gasteiger partial charge in [-0.25, -0.2) is 0 Å². The van der Waals surface area contributed by atoms with Gasteiger partial charge in [-0.05, 0) is 31.9 Å². The molecule has 0 saturated carbocycles. The van der Waals surface area contributed by atoms with Crippen LogP contribution in [0, 0.1) is 32.1 Å². The zero-order chi connectivity index (χ0) is 9.30. The van der Waals surface area contributed by atoms with E-state index >= 15 is 0 Å². The van der Waals surface area contributed by atoms with Crippen LogP contribution in [-0.4, -0.2) is 4.98 Å². The molecule has 0 fully saturated rings. The second-order valence-corrected chi connectivity index (χ2v) is 3.13. The summed E-state index contributed by atoms with van der Waals surface area (Å²) in [5.41, 5.74) is 3.46. The van der Waals surface area contributed by atoms with Gasteiger partial charge in [-0.15, -0.1) is 0 Å². The van der Waals surface area contributed by atoms with Gasteiger partial charge in [0.15, 0.2) is 0 Å². The van der Waals surface area contributed by atoms with Crippen LogP contribution in [0.1, 0.15) is 22.4 Å². The Kier molecular flexibility index (Phi) is 2.30. The molecule has 0 N–H and O–H groups in total. The molecule has 0 aromatic carbocycles. The van der Waals surface area contributed by atoms with Gasteiger partial charge in [0.05, 0.1) is 11.6 Å². The van der Waals surface area contributed by atoms with Gasteiger partial charge in [0.25, 0.3) is 0 Å². The molecule has 1 rings (SSSR count). The molecule has 0 aliphatic heterocycles. The first-order chi connectivity index (χ1) is 5.57. The normalized spacial score (nSPS) is 9.50. The second-order valence-electron chi connectivity index (χ2n) is 2.74. The van der Waals surface area contributed by atoms with E-state index in [9.17, 15) is 0 Å². The van der Waals surface area contributed by atoms with Crippen molar-refractivity contribution in [1.82, 2.24) is 4.98 Å². The highest BCUT2D eigenvalue weighted by Crippen LogP contribution is 2.17. The molecule has 0 bridgehead atoms. The minimum absolute atomic E-state index is 0.415. The Hall–Kier alpha value is -1.14. The van der Waals surface area contributed by atoms with Crippen LogP contribution < -0.4 is 0 Å². The summed E-state index contributed by atoms with van der Waals surface area (Å²) in [4.78, 5) is 4.10. The van der Waals surface area contributed by atoms with Crippen LogP contribution in [0.3, 0.4) is 0 Å². The monoisotopic (exact) mass is 177 g/mol. The predicted octanol–water partition coefficient (Wildman–Crippen LogP) is 1.78. The summed E-state index contributed by atoms with van der Waals surface area (Å²) in [7, 11) is 0. The van der Waals surface area contributed by atoms with Gasteiger partial charge in [-0.3, -0.25) is 4.98 Å². The summed E-state index contributed by atoms with van der Waals surface area (Å²) in [6, 6.07) is 2.06. The van der Waals surface area contributed by atoms with Gasteiger partial charge in [-0.2, -0.15) is 5.26 Å². The van der Waals surface area contributed by atoms with E-state index in [1.165, 1.54) is 0 Å². The summed E-state index contributed by atoms with van der Waals surface area (Å²) in [6.45, 7) is 5.75. The molecular weight excluding hydrogens is 168 g/mol. The number of nitrogens with zero attached hydrogens (tertiary/aromatic N) is 2. The summed E-state index contributed by atoms with van der Waals surface area (Å²) >= 11 is 4.95. The molecule has 0 spiro atoms. The van der Waals surface area contributed by atoms with Crippen molar-refractivity contribution in [3.8, 4) is 6.07 Å². The molecule has 1 aromatic rings. The SMILES string of the molecule is Cc1nc([S-])c(C#N)c(C)c1C. The second kappa shape index (κ2) is 3.08. The number of hydrogen-bond acceptors (Lipinski definition) is 3. The molecule has 0 radical (unpaired) electrons. The van der Waals surface area contributed by atoms with Crippen molar-refractivity contribution in [3.63, 3.8) is 0 Å². The molecule has 0 atom stereocenters. The molecular formula is C9H9N2S-. The molecule has 0 aliphatic rings. The van der Waals surface area contributed by atoms with Crippen LogP contribution >= 0.6 is 0 Å². The standard InChI is InChI=1S/C9H10N2S/c1-5-6(2)8(4-10)9(12)11-7(5)3/h1-3H3,(H,11,12)/p-1. The van der Waals surface area contributed by atoms with Gasteiger partial charge in [0.1, 0.15) is 0 Å². The molecule has 1 heterocycles. The smallest absolute Gasteiger partial charge is 0.0994 e. The molecule has 3 heteroatoms. The topological polar surface area (TPSA) is 36.7 Å². The quantitative estimate of drug-likeness (QED) is 0.567. The lowest BCUT2D eigenvalue weighted by atomic mass is 10.1. The number of pyridine rings is 1. The first-order valence-electron chi connectivity index (χ1n) is 3.62. The highest BCUT2D eigenvalue weighted by molar-refractivity contribution is 7.58. The molecule has 62 valence electrons. The van der Waals surface area contributed by atoms with E-state index in [2.05, 4.69) is 11.1 Å². The highest BCUT2D eigenvalue weighted by atomic mass is 32.1. The zero-order valence-corrected chi connectivity index (χ0v) is 8.12. The van der Waals surface area contributed by atoms with E-state index in [1.807, 2.05) is 20.8 Å². The summed E-state index contributed by atoms with van der Waals surface area (Å²) in [5, 5.41) is 9.17. The lowest BCUT2D eigenvalue weighted by Gasteiger charge is -2.14.